The average molecular weight is 367 g/mol. The molecule has 1 aliphatic rings. The molecule has 0 aliphatic carbocycles. The Morgan fingerprint density at radius 1 is 1.04 bits per heavy atom. The van der Waals surface area contributed by atoms with Gasteiger partial charge in [-0.2, -0.15) is 0 Å². The van der Waals surface area contributed by atoms with Crippen LogP contribution in [0.4, 0.5) is 5.69 Å². The second-order valence-corrected chi connectivity index (χ2v) is 7.02. The molecular weight excluding hydrogens is 338 g/mol. The number of hydrogen-bond donors (Lipinski definition) is 0. The molecule has 1 fully saturated rings. The van der Waals surface area contributed by atoms with Crippen molar-refractivity contribution >= 4 is 11.7 Å². The van der Waals surface area contributed by atoms with Gasteiger partial charge in [-0.3, -0.25) is 0 Å². The van der Waals surface area contributed by atoms with E-state index in [9.17, 15) is 4.79 Å². The molecule has 0 radical (unpaired) electrons. The smallest absolute Gasteiger partial charge is 0.338 e. The molecule has 4 nitrogen and oxygen atoms in total. The SMILES string of the molecule is CCCCOC(=O)c1ccc(N2CCC(OCc3ccccc3)CC2)cc1. The van der Waals surface area contributed by atoms with Gasteiger partial charge in [0.1, 0.15) is 0 Å². The van der Waals surface area contributed by atoms with E-state index in [1.807, 2.05) is 42.5 Å². The van der Waals surface area contributed by atoms with E-state index in [2.05, 4.69) is 24.0 Å². The van der Waals surface area contributed by atoms with Crippen LogP contribution >= 0.6 is 0 Å². The molecule has 0 aromatic heterocycles. The van der Waals surface area contributed by atoms with E-state index in [1.54, 1.807) is 0 Å². The minimum atomic E-state index is -0.233. The Bertz CT molecular complexity index is 691. The lowest BCUT2D eigenvalue weighted by atomic mass is 10.1. The van der Waals surface area contributed by atoms with Crippen LogP contribution in [-0.4, -0.2) is 31.8 Å². The van der Waals surface area contributed by atoms with Gasteiger partial charge in [-0.05, 0) is 49.1 Å². The maximum Gasteiger partial charge on any atom is 0.338 e. The van der Waals surface area contributed by atoms with Crippen molar-refractivity contribution in [3.05, 3.63) is 65.7 Å². The molecule has 2 aromatic carbocycles. The third-order valence-corrected chi connectivity index (χ3v) is 4.97. The fourth-order valence-electron chi connectivity index (χ4n) is 3.27. The van der Waals surface area contributed by atoms with E-state index in [0.717, 1.165) is 44.5 Å². The van der Waals surface area contributed by atoms with Gasteiger partial charge in [0, 0.05) is 18.8 Å². The zero-order valence-electron chi connectivity index (χ0n) is 16.1. The summed E-state index contributed by atoms with van der Waals surface area (Å²) in [5.74, 6) is -0.233. The summed E-state index contributed by atoms with van der Waals surface area (Å²) in [5.41, 5.74) is 3.00. The minimum Gasteiger partial charge on any atom is -0.462 e. The molecule has 0 amide bonds. The van der Waals surface area contributed by atoms with Crippen molar-refractivity contribution in [3.8, 4) is 0 Å². The Morgan fingerprint density at radius 2 is 1.74 bits per heavy atom. The monoisotopic (exact) mass is 367 g/mol. The lowest BCUT2D eigenvalue weighted by Gasteiger charge is -2.33. The van der Waals surface area contributed by atoms with Crippen molar-refractivity contribution in [1.29, 1.82) is 0 Å². The predicted octanol–water partition coefficient (Wildman–Crippen LogP) is 4.83. The van der Waals surface area contributed by atoms with Crippen LogP contribution in [-0.2, 0) is 16.1 Å². The highest BCUT2D eigenvalue weighted by Crippen LogP contribution is 2.23. The van der Waals surface area contributed by atoms with Crippen LogP contribution in [0.1, 0.15) is 48.5 Å². The largest absolute Gasteiger partial charge is 0.462 e. The molecule has 27 heavy (non-hydrogen) atoms. The van der Waals surface area contributed by atoms with Gasteiger partial charge >= 0.3 is 5.97 Å². The van der Waals surface area contributed by atoms with Crippen molar-refractivity contribution in [2.75, 3.05) is 24.6 Å². The molecule has 0 bridgehead atoms. The maximum absolute atomic E-state index is 12.0. The molecule has 0 saturated carbocycles. The number of ether oxygens (including phenoxy) is 2. The Balaban J connectivity index is 1.44. The number of esters is 1. The van der Waals surface area contributed by atoms with Crippen LogP contribution < -0.4 is 4.90 Å². The van der Waals surface area contributed by atoms with Gasteiger partial charge in [0.05, 0.1) is 24.9 Å². The number of hydrogen-bond acceptors (Lipinski definition) is 4. The topological polar surface area (TPSA) is 38.8 Å². The van der Waals surface area contributed by atoms with E-state index >= 15 is 0 Å². The van der Waals surface area contributed by atoms with Crippen LogP contribution in [0.25, 0.3) is 0 Å². The van der Waals surface area contributed by atoms with Crippen LogP contribution in [0.3, 0.4) is 0 Å². The highest BCUT2D eigenvalue weighted by atomic mass is 16.5. The van der Waals surface area contributed by atoms with E-state index in [-0.39, 0.29) is 5.97 Å². The van der Waals surface area contributed by atoms with E-state index in [0.29, 0.717) is 24.9 Å². The van der Waals surface area contributed by atoms with Crippen LogP contribution in [0, 0.1) is 0 Å². The Labute approximate surface area is 162 Å². The first-order chi connectivity index (χ1) is 13.3. The van der Waals surface area contributed by atoms with E-state index in [4.69, 9.17) is 9.47 Å². The number of benzene rings is 2. The molecule has 0 unspecified atom stereocenters. The first-order valence-corrected chi connectivity index (χ1v) is 9.94. The van der Waals surface area contributed by atoms with Crippen LogP contribution in [0.15, 0.2) is 54.6 Å². The number of piperidine rings is 1. The molecule has 3 rings (SSSR count). The van der Waals surface area contributed by atoms with Crippen molar-refractivity contribution in [3.63, 3.8) is 0 Å². The maximum atomic E-state index is 12.0. The van der Waals surface area contributed by atoms with Gasteiger partial charge in [0.2, 0.25) is 0 Å². The van der Waals surface area contributed by atoms with E-state index < -0.39 is 0 Å². The normalized spacial score (nSPS) is 14.9. The zero-order valence-corrected chi connectivity index (χ0v) is 16.1. The molecular formula is C23H29NO3. The van der Waals surface area contributed by atoms with Gasteiger partial charge in [-0.15, -0.1) is 0 Å². The standard InChI is InChI=1S/C23H29NO3/c1-2-3-17-26-23(25)20-9-11-21(12-10-20)24-15-13-22(14-16-24)27-18-19-7-5-4-6-8-19/h4-12,22H,2-3,13-18H2,1H3. The number of unbranched alkanes of at least 4 members (excludes halogenated alkanes) is 1. The summed E-state index contributed by atoms with van der Waals surface area (Å²) in [4.78, 5) is 14.3. The second-order valence-electron chi connectivity index (χ2n) is 7.02. The zero-order chi connectivity index (χ0) is 18.9. The van der Waals surface area contributed by atoms with Gasteiger partial charge in [0.15, 0.2) is 0 Å². The van der Waals surface area contributed by atoms with Gasteiger partial charge < -0.3 is 14.4 Å². The van der Waals surface area contributed by atoms with E-state index in [1.165, 1.54) is 5.56 Å². The summed E-state index contributed by atoms with van der Waals surface area (Å²) < 4.78 is 11.3. The Hall–Kier alpha value is -2.33. The van der Waals surface area contributed by atoms with Gasteiger partial charge in [0.25, 0.3) is 0 Å². The number of carbonyl (C=O) groups excluding carboxylic acids is 1. The van der Waals surface area contributed by atoms with Crippen molar-refractivity contribution in [2.45, 2.75) is 45.3 Å². The fourth-order valence-corrected chi connectivity index (χ4v) is 3.27. The summed E-state index contributed by atoms with van der Waals surface area (Å²) in [5, 5.41) is 0. The van der Waals surface area contributed by atoms with Crippen molar-refractivity contribution in [1.82, 2.24) is 0 Å². The fraction of sp³-hybridized carbons (Fsp3) is 0.435. The van der Waals surface area contributed by atoms with Crippen molar-refractivity contribution in [2.24, 2.45) is 0 Å². The second kappa shape index (κ2) is 10.1. The molecule has 144 valence electrons. The third-order valence-electron chi connectivity index (χ3n) is 4.97. The summed E-state index contributed by atoms with van der Waals surface area (Å²) in [6, 6.07) is 18.1. The number of anilines is 1. The molecule has 0 N–H and O–H groups in total. The highest BCUT2D eigenvalue weighted by Gasteiger charge is 2.20. The third kappa shape index (κ3) is 5.83. The molecule has 0 spiro atoms. The minimum absolute atomic E-state index is 0.233. The van der Waals surface area contributed by atoms with Crippen molar-refractivity contribution < 1.29 is 14.3 Å². The first-order valence-electron chi connectivity index (χ1n) is 9.94. The Kier molecular flexibility index (Phi) is 7.28. The molecule has 1 heterocycles. The summed E-state index contributed by atoms with van der Waals surface area (Å²) in [6.45, 7) is 5.20. The lowest BCUT2D eigenvalue weighted by molar-refractivity contribution is 0.0251. The van der Waals surface area contributed by atoms with Crippen LogP contribution in [0.2, 0.25) is 0 Å². The number of carbonyl (C=O) groups is 1. The summed E-state index contributed by atoms with van der Waals surface area (Å²) in [7, 11) is 0. The number of rotatable bonds is 8. The quantitative estimate of drug-likeness (QED) is 0.495. The van der Waals surface area contributed by atoms with Gasteiger partial charge in [-0.25, -0.2) is 4.79 Å². The first kappa shape index (κ1) is 19.4. The van der Waals surface area contributed by atoms with Gasteiger partial charge in [-0.1, -0.05) is 43.7 Å². The number of nitrogens with zero attached hydrogens (tertiary/aromatic N) is 1. The molecule has 4 heteroatoms. The summed E-state index contributed by atoms with van der Waals surface area (Å²) in [6.07, 6.45) is 4.29. The highest BCUT2D eigenvalue weighted by molar-refractivity contribution is 5.89. The van der Waals surface area contributed by atoms with Crippen LogP contribution in [0.5, 0.6) is 0 Å². The molecule has 2 aromatic rings. The molecule has 1 aliphatic heterocycles. The predicted molar refractivity (Wildman–Crippen MR) is 108 cm³/mol. The summed E-state index contributed by atoms with van der Waals surface area (Å²) >= 11 is 0. The lowest BCUT2D eigenvalue weighted by Crippen LogP contribution is -2.37. The molecule has 1 saturated heterocycles. The molecule has 0 atom stereocenters. The average Bonchev–Trinajstić information content (AvgIpc) is 2.74. The Morgan fingerprint density at radius 3 is 2.41 bits per heavy atom.